The van der Waals surface area contributed by atoms with Gasteiger partial charge in [-0.15, -0.1) is 0 Å². The van der Waals surface area contributed by atoms with E-state index in [2.05, 4.69) is 15.6 Å². The number of benzene rings is 2. The number of nitrogens with one attached hydrogen (secondary N) is 2. The molecular formula is C22H24N4O4. The summed E-state index contributed by atoms with van der Waals surface area (Å²) >= 11 is 0. The van der Waals surface area contributed by atoms with Crippen LogP contribution >= 0.6 is 0 Å². The summed E-state index contributed by atoms with van der Waals surface area (Å²) in [6, 6.07) is 12.9. The van der Waals surface area contributed by atoms with Gasteiger partial charge < -0.3 is 24.7 Å². The van der Waals surface area contributed by atoms with Crippen molar-refractivity contribution < 1.29 is 19.1 Å². The lowest BCUT2D eigenvalue weighted by molar-refractivity contribution is -0.121. The number of fused-ring (bicyclic) bond motifs is 2. The molecule has 4 rings (SSSR count). The van der Waals surface area contributed by atoms with E-state index in [1.54, 1.807) is 18.2 Å². The molecule has 8 nitrogen and oxygen atoms in total. The van der Waals surface area contributed by atoms with Crippen LogP contribution in [0.5, 0.6) is 11.5 Å². The summed E-state index contributed by atoms with van der Waals surface area (Å²) in [5.41, 5.74) is 2.26. The van der Waals surface area contributed by atoms with Crippen molar-refractivity contribution in [1.29, 1.82) is 0 Å². The minimum Gasteiger partial charge on any atom is -0.486 e. The molecule has 2 N–H and O–H groups in total. The van der Waals surface area contributed by atoms with Crippen LogP contribution in [0.1, 0.15) is 25.6 Å². The molecule has 0 fully saturated rings. The Kier molecular flexibility index (Phi) is 5.83. The first-order valence-corrected chi connectivity index (χ1v) is 10.0. The number of ether oxygens (including phenoxy) is 2. The first-order chi connectivity index (χ1) is 14.6. The fraction of sp³-hybridized carbons (Fsp3) is 0.318. The number of hydrogen-bond acceptors (Lipinski definition) is 5. The highest BCUT2D eigenvalue weighted by molar-refractivity contribution is 5.92. The van der Waals surface area contributed by atoms with E-state index in [0.717, 1.165) is 17.5 Å². The van der Waals surface area contributed by atoms with Crippen molar-refractivity contribution in [2.75, 3.05) is 18.5 Å². The first kappa shape index (κ1) is 19.8. The molecule has 2 amide bonds. The highest BCUT2D eigenvalue weighted by atomic mass is 16.6. The molecule has 0 spiro atoms. The molecule has 1 aliphatic rings. The summed E-state index contributed by atoms with van der Waals surface area (Å²) in [6.07, 6.45) is 1.24. The zero-order chi connectivity index (χ0) is 20.9. The molecule has 0 saturated carbocycles. The standard InChI is InChI=1S/C22H24N4O4/c1-2-5-21(27)23-13-20-25-16-6-3-4-7-17(16)26(20)14-22(28)24-15-8-9-18-19(12-15)30-11-10-29-18/h3-4,6-9,12H,2,5,10-11,13-14H2,1H3,(H,23,27)(H,24,28). The largest absolute Gasteiger partial charge is 0.486 e. The molecule has 0 radical (unpaired) electrons. The SMILES string of the molecule is CCCC(=O)NCc1nc2ccccc2n1CC(=O)Nc1ccc2c(c1)OCCO2. The monoisotopic (exact) mass is 408 g/mol. The maximum absolute atomic E-state index is 12.8. The molecule has 1 aliphatic heterocycles. The normalized spacial score (nSPS) is 12.6. The molecule has 0 unspecified atom stereocenters. The lowest BCUT2D eigenvalue weighted by Gasteiger charge is -2.19. The maximum atomic E-state index is 12.8. The average molecular weight is 408 g/mol. The van der Waals surface area contributed by atoms with Crippen LogP contribution in [0, 0.1) is 0 Å². The zero-order valence-corrected chi connectivity index (χ0v) is 16.8. The molecule has 30 heavy (non-hydrogen) atoms. The molecule has 0 aliphatic carbocycles. The summed E-state index contributed by atoms with van der Waals surface area (Å²) in [7, 11) is 0. The molecule has 2 aromatic carbocycles. The van der Waals surface area contributed by atoms with Crippen molar-refractivity contribution in [1.82, 2.24) is 14.9 Å². The molecule has 0 atom stereocenters. The number of anilines is 1. The number of imidazole rings is 1. The van der Waals surface area contributed by atoms with Gasteiger partial charge in [0.1, 0.15) is 25.6 Å². The van der Waals surface area contributed by atoms with Gasteiger partial charge in [0, 0.05) is 18.2 Å². The first-order valence-electron chi connectivity index (χ1n) is 10.0. The van der Waals surface area contributed by atoms with Gasteiger partial charge in [0.2, 0.25) is 11.8 Å². The third kappa shape index (κ3) is 4.37. The highest BCUT2D eigenvalue weighted by Gasteiger charge is 2.16. The molecule has 2 heterocycles. The number of carbonyl (C=O) groups excluding carboxylic acids is 2. The van der Waals surface area contributed by atoms with Gasteiger partial charge in [-0.25, -0.2) is 4.98 Å². The van der Waals surface area contributed by atoms with Gasteiger partial charge in [-0.3, -0.25) is 9.59 Å². The number of hydrogen-bond donors (Lipinski definition) is 2. The second-order valence-corrected chi connectivity index (χ2v) is 7.04. The predicted octanol–water partition coefficient (Wildman–Crippen LogP) is 2.86. The van der Waals surface area contributed by atoms with Crippen molar-refractivity contribution >= 4 is 28.5 Å². The van der Waals surface area contributed by atoms with Gasteiger partial charge in [0.25, 0.3) is 0 Å². The van der Waals surface area contributed by atoms with Gasteiger partial charge in [0.15, 0.2) is 11.5 Å². The molecule has 8 heteroatoms. The second kappa shape index (κ2) is 8.86. The lowest BCUT2D eigenvalue weighted by Crippen LogP contribution is -2.26. The number of rotatable bonds is 7. The summed E-state index contributed by atoms with van der Waals surface area (Å²) < 4.78 is 12.9. The van der Waals surface area contributed by atoms with Crippen molar-refractivity contribution in [3.63, 3.8) is 0 Å². The Bertz CT molecular complexity index is 1080. The molecular weight excluding hydrogens is 384 g/mol. The van der Waals surface area contributed by atoms with Crippen molar-refractivity contribution in [3.05, 3.63) is 48.3 Å². The zero-order valence-electron chi connectivity index (χ0n) is 16.8. The number of nitrogens with zero attached hydrogens (tertiary/aromatic N) is 2. The van der Waals surface area contributed by atoms with Crippen LogP contribution in [0.25, 0.3) is 11.0 Å². The predicted molar refractivity (Wildman–Crippen MR) is 113 cm³/mol. The van der Waals surface area contributed by atoms with Crippen LogP contribution in [0.15, 0.2) is 42.5 Å². The van der Waals surface area contributed by atoms with E-state index < -0.39 is 0 Å². The highest BCUT2D eigenvalue weighted by Crippen LogP contribution is 2.32. The Labute approximate surface area is 174 Å². The second-order valence-electron chi connectivity index (χ2n) is 7.04. The molecule has 0 saturated heterocycles. The number of amides is 2. The fourth-order valence-corrected chi connectivity index (χ4v) is 3.40. The van der Waals surface area contributed by atoms with E-state index in [1.807, 2.05) is 35.8 Å². The van der Waals surface area contributed by atoms with Gasteiger partial charge in [-0.1, -0.05) is 19.1 Å². The Morgan fingerprint density at radius 1 is 1.07 bits per heavy atom. The van der Waals surface area contributed by atoms with E-state index in [4.69, 9.17) is 9.47 Å². The molecule has 3 aromatic rings. The van der Waals surface area contributed by atoms with Gasteiger partial charge in [-0.05, 0) is 30.7 Å². The number of carbonyl (C=O) groups is 2. The number of aromatic nitrogens is 2. The van der Waals surface area contributed by atoms with E-state index in [-0.39, 0.29) is 24.9 Å². The third-order valence-corrected chi connectivity index (χ3v) is 4.78. The minimum atomic E-state index is -0.198. The van der Waals surface area contributed by atoms with Gasteiger partial charge >= 0.3 is 0 Å². The molecule has 1 aromatic heterocycles. The molecule has 156 valence electrons. The quantitative estimate of drug-likeness (QED) is 0.627. The Balaban J connectivity index is 1.51. The van der Waals surface area contributed by atoms with Crippen LogP contribution in [0.3, 0.4) is 0 Å². The van der Waals surface area contributed by atoms with E-state index in [0.29, 0.717) is 42.6 Å². The lowest BCUT2D eigenvalue weighted by atomic mass is 10.2. The summed E-state index contributed by atoms with van der Waals surface area (Å²) in [4.78, 5) is 29.2. The minimum absolute atomic E-state index is 0.0307. The maximum Gasteiger partial charge on any atom is 0.244 e. The van der Waals surface area contributed by atoms with Gasteiger partial charge in [0.05, 0.1) is 17.6 Å². The van der Waals surface area contributed by atoms with Crippen LogP contribution < -0.4 is 20.1 Å². The van der Waals surface area contributed by atoms with E-state index >= 15 is 0 Å². The van der Waals surface area contributed by atoms with Crippen LogP contribution in [-0.2, 0) is 22.7 Å². The third-order valence-electron chi connectivity index (χ3n) is 4.78. The molecule has 0 bridgehead atoms. The van der Waals surface area contributed by atoms with Crippen LogP contribution in [0.4, 0.5) is 5.69 Å². The topological polar surface area (TPSA) is 94.5 Å². The smallest absolute Gasteiger partial charge is 0.244 e. The van der Waals surface area contributed by atoms with Crippen molar-refractivity contribution in [2.45, 2.75) is 32.9 Å². The Morgan fingerprint density at radius 3 is 2.70 bits per heavy atom. The summed E-state index contributed by atoms with van der Waals surface area (Å²) in [6.45, 7) is 3.30. The summed E-state index contributed by atoms with van der Waals surface area (Å²) in [5, 5.41) is 5.77. The Hall–Kier alpha value is -3.55. The van der Waals surface area contributed by atoms with E-state index in [9.17, 15) is 9.59 Å². The fourth-order valence-electron chi connectivity index (χ4n) is 3.40. The average Bonchev–Trinajstić information content (AvgIpc) is 3.10. The van der Waals surface area contributed by atoms with Crippen molar-refractivity contribution in [3.8, 4) is 11.5 Å². The van der Waals surface area contributed by atoms with Crippen LogP contribution in [-0.4, -0.2) is 34.6 Å². The van der Waals surface area contributed by atoms with Gasteiger partial charge in [-0.2, -0.15) is 0 Å². The Morgan fingerprint density at radius 2 is 1.87 bits per heavy atom. The summed E-state index contributed by atoms with van der Waals surface area (Å²) in [5.74, 6) is 1.70. The van der Waals surface area contributed by atoms with Crippen LogP contribution in [0.2, 0.25) is 0 Å². The van der Waals surface area contributed by atoms with E-state index in [1.165, 1.54) is 0 Å². The van der Waals surface area contributed by atoms with Crippen molar-refractivity contribution in [2.24, 2.45) is 0 Å². The number of para-hydroxylation sites is 2.